The molecule has 0 aliphatic carbocycles. The number of nitrogens with zero attached hydrogens (tertiary/aromatic N) is 2. The lowest BCUT2D eigenvalue weighted by Gasteiger charge is -2.27. The van der Waals surface area contributed by atoms with Crippen molar-refractivity contribution in [1.29, 1.82) is 0 Å². The Labute approximate surface area is 121 Å². The van der Waals surface area contributed by atoms with E-state index in [-0.39, 0.29) is 6.09 Å². The lowest BCUT2D eigenvalue weighted by atomic mass is 10.2. The van der Waals surface area contributed by atoms with E-state index in [0.29, 0.717) is 6.54 Å². The fourth-order valence-corrected chi connectivity index (χ4v) is 1.59. The van der Waals surface area contributed by atoms with Crippen LogP contribution in [0.15, 0.2) is 24.3 Å². The molecule has 5 heteroatoms. The van der Waals surface area contributed by atoms with Gasteiger partial charge in [0, 0.05) is 38.6 Å². The second kappa shape index (κ2) is 6.50. The highest BCUT2D eigenvalue weighted by Gasteiger charge is 2.19. The van der Waals surface area contributed by atoms with Gasteiger partial charge in [-0.1, -0.05) is 0 Å². The van der Waals surface area contributed by atoms with Gasteiger partial charge in [-0.2, -0.15) is 0 Å². The Balaban J connectivity index is 2.46. The van der Waals surface area contributed by atoms with Gasteiger partial charge in [0.1, 0.15) is 5.60 Å². The Bertz CT molecular complexity index is 437. The van der Waals surface area contributed by atoms with Crippen molar-refractivity contribution in [3.63, 3.8) is 0 Å². The average molecular weight is 279 g/mol. The van der Waals surface area contributed by atoms with Crippen LogP contribution in [0.2, 0.25) is 0 Å². The molecule has 0 heterocycles. The number of carbonyl (C=O) groups is 1. The van der Waals surface area contributed by atoms with Gasteiger partial charge in [0.2, 0.25) is 0 Å². The summed E-state index contributed by atoms with van der Waals surface area (Å²) in [7, 11) is 3.72. The molecular formula is C15H25N3O2. The predicted octanol–water partition coefficient (Wildman–Crippen LogP) is 2.57. The largest absolute Gasteiger partial charge is 0.444 e. The summed E-state index contributed by atoms with van der Waals surface area (Å²) < 4.78 is 5.31. The molecule has 0 saturated carbocycles. The minimum absolute atomic E-state index is 0.303. The third-order valence-electron chi connectivity index (χ3n) is 2.81. The molecule has 1 rings (SSSR count). The highest BCUT2D eigenvalue weighted by Crippen LogP contribution is 2.14. The van der Waals surface area contributed by atoms with E-state index in [0.717, 1.165) is 17.9 Å². The molecule has 1 aromatic rings. The number of carbonyl (C=O) groups excluding carboxylic acids is 1. The molecule has 20 heavy (non-hydrogen) atoms. The van der Waals surface area contributed by atoms with Crippen LogP contribution in [-0.4, -0.2) is 43.8 Å². The van der Waals surface area contributed by atoms with Crippen LogP contribution in [0, 0.1) is 0 Å². The van der Waals surface area contributed by atoms with Crippen LogP contribution in [-0.2, 0) is 4.74 Å². The van der Waals surface area contributed by atoms with Crippen molar-refractivity contribution < 1.29 is 9.53 Å². The molecule has 5 nitrogen and oxygen atoms in total. The van der Waals surface area contributed by atoms with Crippen LogP contribution >= 0.6 is 0 Å². The summed E-state index contributed by atoms with van der Waals surface area (Å²) in [5.41, 5.74) is 7.01. The van der Waals surface area contributed by atoms with Crippen molar-refractivity contribution in [2.24, 2.45) is 0 Å². The third kappa shape index (κ3) is 5.38. The van der Waals surface area contributed by atoms with Crippen molar-refractivity contribution in [2.45, 2.75) is 26.4 Å². The SMILES string of the molecule is CN(CCN(C)c1ccc(N)cc1)C(=O)OC(C)(C)C. The molecule has 0 aliphatic heterocycles. The number of rotatable bonds is 4. The molecular weight excluding hydrogens is 254 g/mol. The lowest BCUT2D eigenvalue weighted by molar-refractivity contribution is 0.0303. The van der Waals surface area contributed by atoms with Gasteiger partial charge in [-0.05, 0) is 45.0 Å². The molecule has 0 unspecified atom stereocenters. The van der Waals surface area contributed by atoms with Gasteiger partial charge < -0.3 is 20.3 Å². The zero-order chi connectivity index (χ0) is 15.3. The summed E-state index contributed by atoms with van der Waals surface area (Å²) in [5, 5.41) is 0. The topological polar surface area (TPSA) is 58.8 Å². The van der Waals surface area contributed by atoms with Crippen LogP contribution in [0.4, 0.5) is 16.2 Å². The van der Waals surface area contributed by atoms with Crippen LogP contribution in [0.5, 0.6) is 0 Å². The maximum atomic E-state index is 11.8. The van der Waals surface area contributed by atoms with Gasteiger partial charge in [0.05, 0.1) is 0 Å². The van der Waals surface area contributed by atoms with Crippen molar-refractivity contribution in [1.82, 2.24) is 4.90 Å². The van der Waals surface area contributed by atoms with Gasteiger partial charge >= 0.3 is 6.09 Å². The highest BCUT2D eigenvalue weighted by molar-refractivity contribution is 5.67. The van der Waals surface area contributed by atoms with Crippen LogP contribution < -0.4 is 10.6 Å². The summed E-state index contributed by atoms with van der Waals surface area (Å²) in [6.45, 7) is 6.90. The minimum Gasteiger partial charge on any atom is -0.444 e. The minimum atomic E-state index is -0.464. The average Bonchev–Trinajstić information content (AvgIpc) is 2.34. The number of nitrogen functional groups attached to an aromatic ring is 1. The number of hydrogen-bond donors (Lipinski definition) is 1. The molecule has 0 saturated heterocycles. The monoisotopic (exact) mass is 279 g/mol. The Kier molecular flexibility index (Phi) is 5.25. The fraction of sp³-hybridized carbons (Fsp3) is 0.533. The maximum absolute atomic E-state index is 11.8. The summed E-state index contributed by atoms with van der Waals surface area (Å²) in [6, 6.07) is 7.65. The molecule has 0 atom stereocenters. The number of benzene rings is 1. The highest BCUT2D eigenvalue weighted by atomic mass is 16.6. The number of ether oxygens (including phenoxy) is 1. The van der Waals surface area contributed by atoms with Crippen LogP contribution in [0.25, 0.3) is 0 Å². The Morgan fingerprint density at radius 1 is 1.15 bits per heavy atom. The van der Waals surface area contributed by atoms with Crippen molar-refractivity contribution in [3.05, 3.63) is 24.3 Å². The quantitative estimate of drug-likeness (QED) is 0.861. The third-order valence-corrected chi connectivity index (χ3v) is 2.81. The van der Waals surface area contributed by atoms with E-state index in [4.69, 9.17) is 10.5 Å². The zero-order valence-corrected chi connectivity index (χ0v) is 13.0. The van der Waals surface area contributed by atoms with Crippen molar-refractivity contribution in [3.8, 4) is 0 Å². The summed E-state index contributed by atoms with van der Waals surface area (Å²) in [6.07, 6.45) is -0.303. The fourth-order valence-electron chi connectivity index (χ4n) is 1.59. The Hall–Kier alpha value is -1.91. The first kappa shape index (κ1) is 16.1. The second-order valence-corrected chi connectivity index (χ2v) is 5.91. The molecule has 0 aliphatic rings. The number of nitrogens with two attached hydrogens (primary N) is 1. The molecule has 112 valence electrons. The number of amides is 1. The molecule has 1 amide bonds. The standard InChI is InChI=1S/C15H25N3O2/c1-15(2,3)20-14(19)18(5)11-10-17(4)13-8-6-12(16)7-9-13/h6-9H,10-11,16H2,1-5H3. The van der Waals surface area contributed by atoms with E-state index in [2.05, 4.69) is 4.90 Å². The van der Waals surface area contributed by atoms with Gasteiger partial charge in [-0.15, -0.1) is 0 Å². The zero-order valence-electron chi connectivity index (χ0n) is 13.0. The number of hydrogen-bond acceptors (Lipinski definition) is 4. The Morgan fingerprint density at radius 2 is 1.70 bits per heavy atom. The smallest absolute Gasteiger partial charge is 0.410 e. The van der Waals surface area contributed by atoms with Crippen molar-refractivity contribution >= 4 is 17.5 Å². The van der Waals surface area contributed by atoms with E-state index >= 15 is 0 Å². The first-order valence-corrected chi connectivity index (χ1v) is 6.70. The van der Waals surface area contributed by atoms with E-state index in [1.54, 1.807) is 11.9 Å². The maximum Gasteiger partial charge on any atom is 0.410 e. The van der Waals surface area contributed by atoms with E-state index in [1.807, 2.05) is 52.1 Å². The summed E-state index contributed by atoms with van der Waals surface area (Å²) in [4.78, 5) is 15.5. The molecule has 0 aromatic heterocycles. The summed E-state index contributed by atoms with van der Waals surface area (Å²) in [5.74, 6) is 0. The van der Waals surface area contributed by atoms with Gasteiger partial charge in [0.15, 0.2) is 0 Å². The first-order chi connectivity index (χ1) is 9.19. The molecule has 0 radical (unpaired) electrons. The normalized spacial score (nSPS) is 11.1. The Morgan fingerprint density at radius 3 is 2.20 bits per heavy atom. The molecule has 0 fully saturated rings. The van der Waals surface area contributed by atoms with E-state index in [9.17, 15) is 4.79 Å². The molecule has 0 bridgehead atoms. The molecule has 2 N–H and O–H groups in total. The lowest BCUT2D eigenvalue weighted by Crippen LogP contribution is -2.38. The molecule has 1 aromatic carbocycles. The predicted molar refractivity (Wildman–Crippen MR) is 83.0 cm³/mol. The second-order valence-electron chi connectivity index (χ2n) is 5.91. The first-order valence-electron chi connectivity index (χ1n) is 6.70. The van der Waals surface area contributed by atoms with Crippen molar-refractivity contribution in [2.75, 3.05) is 37.8 Å². The number of anilines is 2. The van der Waals surface area contributed by atoms with E-state index in [1.165, 1.54) is 0 Å². The van der Waals surface area contributed by atoms with Crippen LogP contribution in [0.1, 0.15) is 20.8 Å². The van der Waals surface area contributed by atoms with Gasteiger partial charge in [-0.25, -0.2) is 4.79 Å². The van der Waals surface area contributed by atoms with Crippen LogP contribution in [0.3, 0.4) is 0 Å². The van der Waals surface area contributed by atoms with Gasteiger partial charge in [0.25, 0.3) is 0 Å². The number of likely N-dealkylation sites (N-methyl/N-ethyl adjacent to an activating group) is 2. The van der Waals surface area contributed by atoms with Gasteiger partial charge in [-0.3, -0.25) is 0 Å². The summed E-state index contributed by atoms with van der Waals surface area (Å²) >= 11 is 0. The van der Waals surface area contributed by atoms with E-state index < -0.39 is 5.60 Å². The molecule has 0 spiro atoms.